The van der Waals surface area contributed by atoms with Crippen molar-refractivity contribution < 1.29 is 9.79 Å². The van der Waals surface area contributed by atoms with Crippen LogP contribution < -0.4 is 0 Å². The lowest BCUT2D eigenvalue weighted by molar-refractivity contribution is -0.0216. The number of nitriles is 1. The van der Waals surface area contributed by atoms with Gasteiger partial charge in [0.2, 0.25) is 0 Å². The topological polar surface area (TPSA) is 70.7 Å². The maximum atomic E-state index is 9.82. The first kappa shape index (κ1) is 21.0. The van der Waals surface area contributed by atoms with Gasteiger partial charge in [-0.25, -0.2) is 5.01 Å². The van der Waals surface area contributed by atoms with Gasteiger partial charge >= 0.3 is 0 Å². The molecule has 7 heteroatoms. The highest BCUT2D eigenvalue weighted by Crippen LogP contribution is 2.38. The van der Waals surface area contributed by atoms with Gasteiger partial charge in [0, 0.05) is 26.7 Å². The molecule has 0 amide bonds. The molecule has 0 aliphatic carbocycles. The second-order valence-corrected chi connectivity index (χ2v) is 13.9. The number of nitrogens with zero attached hydrogens (tertiary/aromatic N) is 3. The van der Waals surface area contributed by atoms with Crippen molar-refractivity contribution in [2.75, 3.05) is 6.54 Å². The van der Waals surface area contributed by atoms with E-state index in [-0.39, 0.29) is 18.0 Å². The zero-order chi connectivity index (χ0) is 17.0. The molecule has 0 heterocycles. The molecular formula is C14H32N3O2PSi. The summed E-state index contributed by atoms with van der Waals surface area (Å²) in [6.07, 6.45) is 0. The molecule has 2 N–H and O–H groups in total. The summed E-state index contributed by atoms with van der Waals surface area (Å²) in [4.78, 5) is 19.6. The van der Waals surface area contributed by atoms with E-state index in [1.165, 1.54) is 0 Å². The van der Waals surface area contributed by atoms with Crippen LogP contribution in [0, 0.1) is 17.2 Å². The summed E-state index contributed by atoms with van der Waals surface area (Å²) in [5.41, 5.74) is 0.293. The number of rotatable bonds is 8. The Hall–Kier alpha value is -0.0231. The van der Waals surface area contributed by atoms with Crippen LogP contribution in [-0.2, 0) is 0 Å². The van der Waals surface area contributed by atoms with E-state index in [2.05, 4.69) is 32.6 Å². The Morgan fingerprint density at radius 2 is 1.48 bits per heavy atom. The zero-order valence-corrected chi connectivity index (χ0v) is 16.6. The van der Waals surface area contributed by atoms with E-state index in [9.17, 15) is 15.0 Å². The molecule has 0 aromatic heterocycles. The summed E-state index contributed by atoms with van der Waals surface area (Å²) >= 11 is 0. The van der Waals surface area contributed by atoms with E-state index in [4.69, 9.17) is 0 Å². The van der Waals surface area contributed by atoms with Crippen LogP contribution in [0.3, 0.4) is 0 Å². The van der Waals surface area contributed by atoms with Crippen molar-refractivity contribution >= 4 is 16.6 Å². The first-order valence-corrected chi connectivity index (χ1v) is 12.3. The van der Waals surface area contributed by atoms with Crippen LogP contribution >= 0.6 is 8.53 Å². The van der Waals surface area contributed by atoms with Gasteiger partial charge in [-0.2, -0.15) is 10.0 Å². The molecule has 0 aliphatic heterocycles. The monoisotopic (exact) mass is 333 g/mol. The van der Waals surface area contributed by atoms with Crippen LogP contribution in [0.1, 0.15) is 34.6 Å². The molecule has 2 atom stereocenters. The first-order valence-electron chi connectivity index (χ1n) is 7.56. The zero-order valence-electron chi connectivity index (χ0n) is 14.7. The van der Waals surface area contributed by atoms with E-state index >= 15 is 0 Å². The van der Waals surface area contributed by atoms with Crippen LogP contribution in [0.25, 0.3) is 0 Å². The Kier molecular flexibility index (Phi) is 8.56. The molecule has 0 saturated carbocycles. The van der Waals surface area contributed by atoms with Crippen LogP contribution in [0.5, 0.6) is 0 Å². The molecule has 0 rings (SSSR count). The Balaban J connectivity index is 5.28. The molecule has 0 aliphatic rings. The maximum absolute atomic E-state index is 9.82. The first-order chi connectivity index (χ1) is 9.43. The van der Waals surface area contributed by atoms with Crippen molar-refractivity contribution in [2.45, 2.75) is 71.9 Å². The highest BCUT2D eigenvalue weighted by Gasteiger charge is 2.35. The Bertz CT molecular complexity index is 345. The van der Waals surface area contributed by atoms with Crippen molar-refractivity contribution in [3.05, 3.63) is 0 Å². The van der Waals surface area contributed by atoms with Gasteiger partial charge in [0.05, 0.1) is 12.0 Å². The molecule has 0 fully saturated rings. The normalized spacial score (nSPS) is 16.1. The van der Waals surface area contributed by atoms with Gasteiger partial charge in [0.15, 0.2) is 0 Å². The third-order valence-electron chi connectivity index (χ3n) is 4.03. The van der Waals surface area contributed by atoms with Crippen molar-refractivity contribution in [1.29, 1.82) is 5.26 Å². The van der Waals surface area contributed by atoms with E-state index in [0.29, 0.717) is 12.1 Å². The smallest absolute Gasteiger partial charge is 0.268 e. The minimum atomic E-state index is -2.24. The number of hydrazine groups is 1. The minimum absolute atomic E-state index is 0.149. The van der Waals surface area contributed by atoms with Crippen LogP contribution in [-0.4, -0.2) is 46.3 Å². The Morgan fingerprint density at radius 3 is 1.71 bits per heavy atom. The standard InChI is InChI=1S/C14H32N3O2PSi/c1-11(2)17(12(3)4)16(20(18)19)10-14(9-15)13(5)21(6,7)8/h11-14,18-19H,10H2,1-8H3. The third kappa shape index (κ3) is 6.31. The van der Waals surface area contributed by atoms with Gasteiger partial charge < -0.3 is 9.79 Å². The summed E-state index contributed by atoms with van der Waals surface area (Å²) in [5, 5.41) is 11.5. The van der Waals surface area contributed by atoms with E-state index < -0.39 is 16.6 Å². The fraction of sp³-hybridized carbons (Fsp3) is 0.929. The molecule has 5 nitrogen and oxygen atoms in total. The van der Waals surface area contributed by atoms with E-state index in [0.717, 1.165) is 0 Å². The molecule has 2 unspecified atom stereocenters. The van der Waals surface area contributed by atoms with Gasteiger partial charge in [0.1, 0.15) is 0 Å². The van der Waals surface area contributed by atoms with Gasteiger partial charge in [0.25, 0.3) is 8.53 Å². The van der Waals surface area contributed by atoms with Crippen molar-refractivity contribution in [3.63, 3.8) is 0 Å². The van der Waals surface area contributed by atoms with Crippen molar-refractivity contribution in [3.8, 4) is 6.07 Å². The molecule has 0 bridgehead atoms. The highest BCUT2D eigenvalue weighted by molar-refractivity contribution is 7.42. The molecular weight excluding hydrogens is 301 g/mol. The van der Waals surface area contributed by atoms with Gasteiger partial charge in [-0.15, -0.1) is 0 Å². The molecule has 0 spiro atoms. The van der Waals surface area contributed by atoms with Crippen LogP contribution in [0.4, 0.5) is 0 Å². The average molecular weight is 333 g/mol. The summed E-state index contributed by atoms with van der Waals surface area (Å²) in [6, 6.07) is 2.68. The van der Waals surface area contributed by atoms with Gasteiger partial charge in [-0.05, 0) is 33.2 Å². The number of hydrogen-bond acceptors (Lipinski definition) is 5. The second-order valence-electron chi connectivity index (χ2n) is 7.28. The molecule has 124 valence electrons. The number of hydrogen-bond donors (Lipinski definition) is 2. The summed E-state index contributed by atoms with van der Waals surface area (Å²) in [7, 11) is -3.70. The molecule has 21 heavy (non-hydrogen) atoms. The fourth-order valence-corrected chi connectivity index (χ4v) is 4.79. The van der Waals surface area contributed by atoms with E-state index in [1.54, 1.807) is 4.78 Å². The van der Waals surface area contributed by atoms with Crippen molar-refractivity contribution in [2.24, 2.45) is 5.92 Å². The molecule has 0 saturated heterocycles. The predicted molar refractivity (Wildman–Crippen MR) is 92.0 cm³/mol. The molecule has 0 aromatic carbocycles. The van der Waals surface area contributed by atoms with Gasteiger partial charge in [-0.3, -0.25) is 0 Å². The Morgan fingerprint density at radius 1 is 1.05 bits per heavy atom. The minimum Gasteiger partial charge on any atom is -0.337 e. The fourth-order valence-electron chi connectivity index (χ4n) is 2.48. The molecule has 0 aromatic rings. The maximum Gasteiger partial charge on any atom is 0.268 e. The summed E-state index contributed by atoms with van der Waals surface area (Å²) in [6.45, 7) is 17.3. The second kappa shape index (κ2) is 8.57. The SMILES string of the molecule is CC(C)N(C(C)C)N(CC(C#N)C(C)[Si](C)(C)C)P(O)O. The van der Waals surface area contributed by atoms with Crippen LogP contribution in [0.2, 0.25) is 25.2 Å². The molecule has 0 radical (unpaired) electrons. The lowest BCUT2D eigenvalue weighted by atomic mass is 10.1. The Labute approximate surface area is 132 Å². The summed E-state index contributed by atoms with van der Waals surface area (Å²) < 4.78 is 1.59. The third-order valence-corrected chi connectivity index (χ3v) is 7.94. The summed E-state index contributed by atoms with van der Waals surface area (Å²) in [5.74, 6) is -0.194. The largest absolute Gasteiger partial charge is 0.337 e. The van der Waals surface area contributed by atoms with Crippen LogP contribution in [0.15, 0.2) is 0 Å². The van der Waals surface area contributed by atoms with E-state index in [1.807, 2.05) is 32.7 Å². The lowest BCUT2D eigenvalue weighted by Crippen LogP contribution is -2.50. The lowest BCUT2D eigenvalue weighted by Gasteiger charge is -2.42. The average Bonchev–Trinajstić information content (AvgIpc) is 2.30. The van der Waals surface area contributed by atoms with Crippen molar-refractivity contribution in [1.82, 2.24) is 9.79 Å². The predicted octanol–water partition coefficient (Wildman–Crippen LogP) is 3.40. The highest BCUT2D eigenvalue weighted by atomic mass is 31.2. The van der Waals surface area contributed by atoms with Gasteiger partial charge in [-0.1, -0.05) is 26.6 Å². The quantitative estimate of drug-likeness (QED) is 0.405.